The van der Waals surface area contributed by atoms with E-state index >= 15 is 0 Å². The van der Waals surface area contributed by atoms with Crippen LogP contribution in [0.15, 0.2) is 71.0 Å². The minimum absolute atomic E-state index is 1.11. The van der Waals surface area contributed by atoms with Crippen molar-refractivity contribution in [2.24, 2.45) is 0 Å². The third-order valence-corrected chi connectivity index (χ3v) is 4.24. The summed E-state index contributed by atoms with van der Waals surface area (Å²) in [6, 6.07) is 0. The van der Waals surface area contributed by atoms with Crippen LogP contribution < -0.4 is 0 Å². The molecule has 0 atom stereocenters. The van der Waals surface area contributed by atoms with Crippen LogP contribution in [0.25, 0.3) is 0 Å². The second-order valence-electron chi connectivity index (χ2n) is 5.33. The van der Waals surface area contributed by atoms with E-state index in [9.17, 15) is 0 Å². The molecule has 3 rings (SSSR count). The summed E-state index contributed by atoms with van der Waals surface area (Å²) in [4.78, 5) is 2.53. The van der Waals surface area contributed by atoms with Crippen molar-refractivity contribution < 1.29 is 0 Å². The Hall–Kier alpha value is -1.76. The number of rotatable bonds is 1. The SMILES string of the molecule is C=C/C=C1/C2=CC3=C(CCC=C3)CN2CC/C1=C/C. The Kier molecular flexibility index (Phi) is 3.29. The summed E-state index contributed by atoms with van der Waals surface area (Å²) >= 11 is 0. The Morgan fingerprint density at radius 1 is 1.32 bits per heavy atom. The van der Waals surface area contributed by atoms with Crippen molar-refractivity contribution in [1.29, 1.82) is 0 Å². The normalized spacial score (nSPS) is 26.4. The molecule has 0 spiro atoms. The molecule has 1 fully saturated rings. The molecule has 0 unspecified atom stereocenters. The minimum Gasteiger partial charge on any atom is -0.367 e. The summed E-state index contributed by atoms with van der Waals surface area (Å²) in [5.41, 5.74) is 7.23. The molecule has 2 heterocycles. The lowest BCUT2D eigenvalue weighted by Gasteiger charge is -2.39. The molecule has 0 bridgehead atoms. The second kappa shape index (κ2) is 5.08. The average molecular weight is 251 g/mol. The van der Waals surface area contributed by atoms with Gasteiger partial charge < -0.3 is 4.90 Å². The maximum absolute atomic E-state index is 3.87. The van der Waals surface area contributed by atoms with Gasteiger partial charge in [0.05, 0.1) is 0 Å². The van der Waals surface area contributed by atoms with Crippen molar-refractivity contribution in [1.82, 2.24) is 4.90 Å². The standard InChI is InChI=1S/C18H21N/c1-3-7-17-14(4-2)10-11-19-13-16-9-6-5-8-15(16)12-18(17)19/h3-5,7-8,12H,1,6,9-11,13H2,2H3/b14-4-,17-7+. The van der Waals surface area contributed by atoms with Gasteiger partial charge in [-0.2, -0.15) is 0 Å². The summed E-state index contributed by atoms with van der Waals surface area (Å²) in [6.07, 6.45) is 16.8. The van der Waals surface area contributed by atoms with Gasteiger partial charge in [-0.3, -0.25) is 0 Å². The molecule has 1 nitrogen and oxygen atoms in total. The molecule has 1 saturated heterocycles. The predicted molar refractivity (Wildman–Crippen MR) is 81.7 cm³/mol. The highest BCUT2D eigenvalue weighted by Gasteiger charge is 2.27. The molecule has 2 aliphatic heterocycles. The molecular formula is C18H21N. The summed E-state index contributed by atoms with van der Waals surface area (Å²) in [5.74, 6) is 0. The summed E-state index contributed by atoms with van der Waals surface area (Å²) in [7, 11) is 0. The summed E-state index contributed by atoms with van der Waals surface area (Å²) in [6.45, 7) is 8.25. The Morgan fingerprint density at radius 3 is 3.00 bits per heavy atom. The van der Waals surface area contributed by atoms with Gasteiger partial charge in [0.15, 0.2) is 0 Å². The summed E-state index contributed by atoms with van der Waals surface area (Å²) in [5, 5.41) is 0. The van der Waals surface area contributed by atoms with Crippen LogP contribution in [0.3, 0.4) is 0 Å². The van der Waals surface area contributed by atoms with Crippen LogP contribution in [0.5, 0.6) is 0 Å². The van der Waals surface area contributed by atoms with Gasteiger partial charge in [-0.15, -0.1) is 0 Å². The Balaban J connectivity index is 2.06. The number of hydrogen-bond acceptors (Lipinski definition) is 1. The van der Waals surface area contributed by atoms with Crippen molar-refractivity contribution in [3.8, 4) is 0 Å². The zero-order chi connectivity index (χ0) is 13.2. The van der Waals surface area contributed by atoms with Gasteiger partial charge >= 0.3 is 0 Å². The van der Waals surface area contributed by atoms with Crippen molar-refractivity contribution in [3.05, 3.63) is 71.0 Å². The number of allylic oxidation sites excluding steroid dienone is 8. The number of piperidine rings is 1. The molecule has 1 aliphatic carbocycles. The van der Waals surface area contributed by atoms with Crippen LogP contribution in [-0.4, -0.2) is 18.0 Å². The second-order valence-corrected chi connectivity index (χ2v) is 5.33. The lowest BCUT2D eigenvalue weighted by molar-refractivity contribution is 0.356. The van der Waals surface area contributed by atoms with E-state index in [0.717, 1.165) is 19.5 Å². The van der Waals surface area contributed by atoms with Gasteiger partial charge in [-0.1, -0.05) is 37.0 Å². The average Bonchev–Trinajstić information content (AvgIpc) is 2.46. The van der Waals surface area contributed by atoms with Gasteiger partial charge in [-0.05, 0) is 49.0 Å². The van der Waals surface area contributed by atoms with Crippen LogP contribution >= 0.6 is 0 Å². The molecule has 0 radical (unpaired) electrons. The number of hydrogen-bond donors (Lipinski definition) is 0. The minimum atomic E-state index is 1.11. The first kappa shape index (κ1) is 12.3. The smallest absolute Gasteiger partial charge is 0.0451 e. The van der Waals surface area contributed by atoms with Crippen LogP contribution in [-0.2, 0) is 0 Å². The first-order valence-corrected chi connectivity index (χ1v) is 7.17. The monoisotopic (exact) mass is 251 g/mol. The highest BCUT2D eigenvalue weighted by Crippen LogP contribution is 2.37. The van der Waals surface area contributed by atoms with E-state index in [1.807, 2.05) is 6.08 Å². The molecule has 3 aliphatic rings. The third kappa shape index (κ3) is 2.14. The molecule has 0 saturated carbocycles. The first-order chi connectivity index (χ1) is 9.33. The van der Waals surface area contributed by atoms with Gasteiger partial charge in [-0.25, -0.2) is 0 Å². The quantitative estimate of drug-likeness (QED) is 0.672. The summed E-state index contributed by atoms with van der Waals surface area (Å²) < 4.78 is 0. The number of fused-ring (bicyclic) bond motifs is 1. The highest BCUT2D eigenvalue weighted by molar-refractivity contribution is 5.56. The maximum Gasteiger partial charge on any atom is 0.0451 e. The number of nitrogens with zero attached hydrogens (tertiary/aromatic N) is 1. The molecule has 0 N–H and O–H groups in total. The van der Waals surface area contributed by atoms with Crippen LogP contribution in [0.1, 0.15) is 26.2 Å². The van der Waals surface area contributed by atoms with E-state index in [0.29, 0.717) is 0 Å². The van der Waals surface area contributed by atoms with Crippen LogP contribution in [0.4, 0.5) is 0 Å². The molecule has 19 heavy (non-hydrogen) atoms. The molecule has 1 heteroatoms. The van der Waals surface area contributed by atoms with Gasteiger partial charge in [0.1, 0.15) is 0 Å². The van der Waals surface area contributed by atoms with Crippen molar-refractivity contribution in [2.75, 3.05) is 13.1 Å². The Labute approximate surface area is 116 Å². The molecule has 0 aromatic carbocycles. The lowest BCUT2D eigenvalue weighted by atomic mass is 9.86. The largest absolute Gasteiger partial charge is 0.367 e. The van der Waals surface area contributed by atoms with E-state index in [1.54, 1.807) is 5.57 Å². The first-order valence-electron chi connectivity index (χ1n) is 7.17. The zero-order valence-electron chi connectivity index (χ0n) is 11.7. The molecule has 0 aromatic heterocycles. The third-order valence-electron chi connectivity index (χ3n) is 4.24. The topological polar surface area (TPSA) is 3.24 Å². The van der Waals surface area contributed by atoms with Gasteiger partial charge in [0.2, 0.25) is 0 Å². The van der Waals surface area contributed by atoms with Crippen molar-refractivity contribution >= 4 is 0 Å². The Morgan fingerprint density at radius 2 is 2.21 bits per heavy atom. The fourth-order valence-electron chi connectivity index (χ4n) is 3.22. The molecule has 0 amide bonds. The van der Waals surface area contributed by atoms with Crippen LogP contribution in [0, 0.1) is 0 Å². The van der Waals surface area contributed by atoms with E-state index in [4.69, 9.17) is 0 Å². The van der Waals surface area contributed by atoms with E-state index in [-0.39, 0.29) is 0 Å². The zero-order valence-corrected chi connectivity index (χ0v) is 11.7. The van der Waals surface area contributed by atoms with E-state index < -0.39 is 0 Å². The maximum atomic E-state index is 3.87. The lowest BCUT2D eigenvalue weighted by Crippen LogP contribution is -2.35. The van der Waals surface area contributed by atoms with Crippen molar-refractivity contribution in [2.45, 2.75) is 26.2 Å². The predicted octanol–water partition coefficient (Wildman–Crippen LogP) is 4.29. The van der Waals surface area contributed by atoms with Gasteiger partial charge in [0.25, 0.3) is 0 Å². The molecule has 0 aromatic rings. The molecular weight excluding hydrogens is 230 g/mol. The van der Waals surface area contributed by atoms with Crippen LogP contribution in [0.2, 0.25) is 0 Å². The fraction of sp³-hybridized carbons (Fsp3) is 0.333. The fourth-order valence-corrected chi connectivity index (χ4v) is 3.22. The Bertz CT molecular complexity index is 552. The van der Waals surface area contributed by atoms with E-state index in [2.05, 4.69) is 48.8 Å². The molecule has 98 valence electrons. The van der Waals surface area contributed by atoms with Crippen molar-refractivity contribution in [3.63, 3.8) is 0 Å². The highest BCUT2D eigenvalue weighted by atomic mass is 15.1. The van der Waals surface area contributed by atoms with E-state index in [1.165, 1.54) is 35.3 Å². The van der Waals surface area contributed by atoms with Gasteiger partial charge in [0, 0.05) is 24.4 Å².